The van der Waals surface area contributed by atoms with Gasteiger partial charge in [-0.05, 0) is 19.1 Å². The molecule has 0 heterocycles. The minimum absolute atomic E-state index is 0.0346. The van der Waals surface area contributed by atoms with E-state index < -0.39 is 0 Å². The van der Waals surface area contributed by atoms with Gasteiger partial charge in [-0.3, -0.25) is 0 Å². The highest BCUT2D eigenvalue weighted by molar-refractivity contribution is 5.40. The second-order valence-corrected chi connectivity index (χ2v) is 3.84. The zero-order valence-corrected chi connectivity index (χ0v) is 10.6. The number of ether oxygens (including phenoxy) is 3. The highest BCUT2D eigenvalue weighted by atomic mass is 16.5. The zero-order chi connectivity index (χ0) is 12.7. The van der Waals surface area contributed by atoms with E-state index in [2.05, 4.69) is 0 Å². The molecule has 0 saturated heterocycles. The van der Waals surface area contributed by atoms with Gasteiger partial charge in [-0.2, -0.15) is 0 Å². The molecule has 0 aliphatic rings. The average molecular weight is 240 g/mol. The van der Waals surface area contributed by atoms with Gasteiger partial charge in [0.25, 0.3) is 0 Å². The molecule has 17 heavy (non-hydrogen) atoms. The molecular weight excluding hydrogens is 220 g/mol. The van der Waals surface area contributed by atoms with Crippen LogP contribution >= 0.6 is 0 Å². The van der Waals surface area contributed by atoms with Crippen LogP contribution in [0.4, 0.5) is 0 Å². The van der Waals surface area contributed by atoms with Gasteiger partial charge in [-0.25, -0.2) is 0 Å². The first-order valence-corrected chi connectivity index (χ1v) is 5.64. The maximum atomic E-state index is 9.23. The van der Waals surface area contributed by atoms with Gasteiger partial charge in [0.1, 0.15) is 11.5 Å². The van der Waals surface area contributed by atoms with E-state index in [9.17, 15) is 5.11 Å². The Balaban J connectivity index is 2.72. The van der Waals surface area contributed by atoms with E-state index in [-0.39, 0.29) is 12.7 Å². The summed E-state index contributed by atoms with van der Waals surface area (Å²) in [6, 6.07) is 5.39. The molecule has 4 heteroatoms. The van der Waals surface area contributed by atoms with Crippen molar-refractivity contribution in [1.29, 1.82) is 0 Å². The summed E-state index contributed by atoms with van der Waals surface area (Å²) in [5.74, 6) is 1.38. The van der Waals surface area contributed by atoms with E-state index in [1.165, 1.54) is 0 Å². The number of methoxy groups -OCH3 is 2. The molecule has 0 radical (unpaired) electrons. The fourth-order valence-electron chi connectivity index (χ4n) is 1.46. The van der Waals surface area contributed by atoms with Crippen LogP contribution in [0.15, 0.2) is 18.2 Å². The van der Waals surface area contributed by atoms with Gasteiger partial charge in [0.05, 0.1) is 19.8 Å². The van der Waals surface area contributed by atoms with Gasteiger partial charge in [-0.15, -0.1) is 0 Å². The quantitative estimate of drug-likeness (QED) is 0.791. The van der Waals surface area contributed by atoms with Crippen molar-refractivity contribution in [3.63, 3.8) is 0 Å². The summed E-state index contributed by atoms with van der Waals surface area (Å²) in [6.45, 7) is 2.58. The monoisotopic (exact) mass is 240 g/mol. The lowest BCUT2D eigenvalue weighted by molar-refractivity contribution is 0.133. The van der Waals surface area contributed by atoms with E-state index in [0.29, 0.717) is 12.4 Å². The predicted octanol–water partition coefficient (Wildman–Crippen LogP) is 1.99. The van der Waals surface area contributed by atoms with E-state index in [1.54, 1.807) is 32.4 Å². The summed E-state index contributed by atoms with van der Waals surface area (Å²) in [5.41, 5.74) is 0.759. The second-order valence-electron chi connectivity index (χ2n) is 3.84. The Kier molecular flexibility index (Phi) is 5.80. The van der Waals surface area contributed by atoms with Crippen molar-refractivity contribution in [3.05, 3.63) is 23.8 Å². The van der Waals surface area contributed by atoms with Gasteiger partial charge < -0.3 is 19.3 Å². The van der Waals surface area contributed by atoms with Crippen molar-refractivity contribution in [2.75, 3.05) is 20.8 Å². The molecule has 1 rings (SSSR count). The summed E-state index contributed by atoms with van der Waals surface area (Å²) in [7, 11) is 3.27. The molecule has 1 unspecified atom stereocenters. The third kappa shape index (κ3) is 4.24. The lowest BCUT2D eigenvalue weighted by Gasteiger charge is -2.17. The van der Waals surface area contributed by atoms with Crippen LogP contribution in [-0.4, -0.2) is 32.0 Å². The summed E-state index contributed by atoms with van der Waals surface area (Å²) in [4.78, 5) is 0. The van der Waals surface area contributed by atoms with Crippen molar-refractivity contribution < 1.29 is 19.3 Å². The van der Waals surface area contributed by atoms with E-state index in [0.717, 1.165) is 17.7 Å². The molecule has 0 amide bonds. The molecule has 0 aromatic heterocycles. The minimum atomic E-state index is -0.0453. The summed E-state index contributed by atoms with van der Waals surface area (Å²) < 4.78 is 15.9. The van der Waals surface area contributed by atoms with Gasteiger partial charge in [0.2, 0.25) is 0 Å². The van der Waals surface area contributed by atoms with E-state index in [1.807, 2.05) is 6.92 Å². The molecule has 4 nitrogen and oxygen atoms in total. The Morgan fingerprint density at radius 2 is 2.06 bits per heavy atom. The number of hydrogen-bond acceptors (Lipinski definition) is 4. The summed E-state index contributed by atoms with van der Waals surface area (Å²) in [5, 5.41) is 9.23. The molecule has 1 aromatic rings. The molecule has 1 aromatic carbocycles. The third-order valence-corrected chi connectivity index (χ3v) is 2.50. The third-order valence-electron chi connectivity index (χ3n) is 2.50. The predicted molar refractivity (Wildman–Crippen MR) is 65.5 cm³/mol. The molecule has 0 saturated carbocycles. The fraction of sp³-hybridized carbons (Fsp3) is 0.538. The number of aliphatic hydroxyl groups excluding tert-OH is 1. The Morgan fingerprint density at radius 3 is 2.65 bits per heavy atom. The summed E-state index contributed by atoms with van der Waals surface area (Å²) >= 11 is 0. The lowest BCUT2D eigenvalue weighted by Crippen LogP contribution is -2.15. The molecule has 1 N–H and O–H groups in total. The number of benzene rings is 1. The Morgan fingerprint density at radius 1 is 1.29 bits per heavy atom. The maximum absolute atomic E-state index is 9.23. The Hall–Kier alpha value is -1.26. The molecule has 0 spiro atoms. The van der Waals surface area contributed by atoms with E-state index >= 15 is 0 Å². The van der Waals surface area contributed by atoms with Crippen molar-refractivity contribution in [3.8, 4) is 11.5 Å². The Labute approximate surface area is 102 Å². The molecule has 0 fully saturated rings. The van der Waals surface area contributed by atoms with Crippen LogP contribution in [0.1, 0.15) is 18.9 Å². The smallest absolute Gasteiger partial charge is 0.128 e. The molecule has 0 bridgehead atoms. The highest BCUT2D eigenvalue weighted by Crippen LogP contribution is 2.26. The first-order chi connectivity index (χ1) is 8.21. The van der Waals surface area contributed by atoms with Crippen molar-refractivity contribution in [2.24, 2.45) is 0 Å². The first-order valence-electron chi connectivity index (χ1n) is 5.64. The standard InChI is InChI=1S/C13H20O4/c1-10(6-7-15-2)17-13-8-12(16-3)5-4-11(13)9-14/h4-5,8,10,14H,6-7,9H2,1-3H3. The minimum Gasteiger partial charge on any atom is -0.497 e. The zero-order valence-electron chi connectivity index (χ0n) is 10.6. The lowest BCUT2D eigenvalue weighted by atomic mass is 10.2. The molecule has 96 valence electrons. The Bertz CT molecular complexity index is 338. The number of aliphatic hydroxyl groups is 1. The number of rotatable bonds is 7. The molecule has 0 aliphatic heterocycles. The molecule has 0 aliphatic carbocycles. The first kappa shape index (κ1) is 13.8. The largest absolute Gasteiger partial charge is 0.497 e. The van der Waals surface area contributed by atoms with Crippen LogP contribution in [0.25, 0.3) is 0 Å². The van der Waals surface area contributed by atoms with Gasteiger partial charge in [0, 0.05) is 31.8 Å². The SMILES string of the molecule is COCCC(C)Oc1cc(OC)ccc1CO. The van der Waals surface area contributed by atoms with Crippen LogP contribution in [0.5, 0.6) is 11.5 Å². The van der Waals surface area contributed by atoms with Crippen molar-refractivity contribution >= 4 is 0 Å². The number of hydrogen-bond donors (Lipinski definition) is 1. The normalized spacial score (nSPS) is 12.2. The fourth-order valence-corrected chi connectivity index (χ4v) is 1.46. The van der Waals surface area contributed by atoms with Gasteiger partial charge >= 0.3 is 0 Å². The second kappa shape index (κ2) is 7.14. The van der Waals surface area contributed by atoms with Crippen LogP contribution in [0.2, 0.25) is 0 Å². The van der Waals surface area contributed by atoms with Crippen LogP contribution in [-0.2, 0) is 11.3 Å². The van der Waals surface area contributed by atoms with Crippen LogP contribution in [0, 0.1) is 0 Å². The van der Waals surface area contributed by atoms with E-state index in [4.69, 9.17) is 14.2 Å². The maximum Gasteiger partial charge on any atom is 0.128 e. The summed E-state index contributed by atoms with van der Waals surface area (Å²) in [6.07, 6.45) is 0.839. The average Bonchev–Trinajstić information content (AvgIpc) is 2.36. The van der Waals surface area contributed by atoms with Crippen LogP contribution < -0.4 is 9.47 Å². The highest BCUT2D eigenvalue weighted by Gasteiger charge is 2.09. The van der Waals surface area contributed by atoms with Gasteiger partial charge in [0.15, 0.2) is 0 Å². The van der Waals surface area contributed by atoms with Gasteiger partial charge in [-0.1, -0.05) is 0 Å². The molecule has 1 atom stereocenters. The topological polar surface area (TPSA) is 47.9 Å². The van der Waals surface area contributed by atoms with Crippen molar-refractivity contribution in [2.45, 2.75) is 26.1 Å². The van der Waals surface area contributed by atoms with Crippen LogP contribution in [0.3, 0.4) is 0 Å². The molecular formula is C13H20O4. The van der Waals surface area contributed by atoms with Crippen molar-refractivity contribution in [1.82, 2.24) is 0 Å².